The van der Waals surface area contributed by atoms with E-state index in [9.17, 15) is 0 Å². The highest BCUT2D eigenvalue weighted by Gasteiger charge is 2.23. The van der Waals surface area contributed by atoms with Crippen molar-refractivity contribution in [3.8, 4) is 5.75 Å². The summed E-state index contributed by atoms with van der Waals surface area (Å²) < 4.78 is 15.5. The van der Waals surface area contributed by atoms with E-state index in [4.69, 9.17) is 14.2 Å². The van der Waals surface area contributed by atoms with Gasteiger partial charge in [-0.15, -0.1) is 0 Å². The van der Waals surface area contributed by atoms with Gasteiger partial charge < -0.3 is 14.2 Å². The SMILES string of the molecule is c1ccc(C2CO2)cc1.c1ccc(OCC2CO2)cc1. The van der Waals surface area contributed by atoms with Gasteiger partial charge in [-0.1, -0.05) is 48.5 Å². The summed E-state index contributed by atoms with van der Waals surface area (Å²) in [6, 6.07) is 20.1. The summed E-state index contributed by atoms with van der Waals surface area (Å²) in [6.07, 6.45) is 0.751. The van der Waals surface area contributed by atoms with Gasteiger partial charge in [0.05, 0.1) is 13.2 Å². The van der Waals surface area contributed by atoms with E-state index in [2.05, 4.69) is 12.1 Å². The monoisotopic (exact) mass is 270 g/mol. The van der Waals surface area contributed by atoms with E-state index in [1.807, 2.05) is 48.5 Å². The fourth-order valence-corrected chi connectivity index (χ4v) is 1.78. The molecule has 3 nitrogen and oxygen atoms in total. The van der Waals surface area contributed by atoms with Gasteiger partial charge in [0.15, 0.2) is 0 Å². The third kappa shape index (κ3) is 4.37. The lowest BCUT2D eigenvalue weighted by atomic mass is 10.2. The van der Waals surface area contributed by atoms with Gasteiger partial charge in [-0.2, -0.15) is 0 Å². The van der Waals surface area contributed by atoms with Crippen LogP contribution in [0.3, 0.4) is 0 Å². The van der Waals surface area contributed by atoms with Gasteiger partial charge in [0.1, 0.15) is 24.6 Å². The number of rotatable bonds is 4. The van der Waals surface area contributed by atoms with E-state index in [1.165, 1.54) is 5.56 Å². The minimum Gasteiger partial charge on any atom is -0.491 e. The highest BCUT2D eigenvalue weighted by Crippen LogP contribution is 2.28. The molecule has 2 aliphatic heterocycles. The van der Waals surface area contributed by atoms with Gasteiger partial charge in [-0.25, -0.2) is 0 Å². The molecule has 2 aromatic carbocycles. The molecule has 0 N–H and O–H groups in total. The van der Waals surface area contributed by atoms with Crippen LogP contribution in [0.5, 0.6) is 5.75 Å². The van der Waals surface area contributed by atoms with Crippen LogP contribution in [-0.2, 0) is 9.47 Å². The lowest BCUT2D eigenvalue weighted by Gasteiger charge is -2.01. The molecule has 3 heteroatoms. The first-order valence-corrected chi connectivity index (χ1v) is 6.88. The Morgan fingerprint density at radius 1 is 0.850 bits per heavy atom. The van der Waals surface area contributed by atoms with Crippen LogP contribution in [-0.4, -0.2) is 25.9 Å². The third-order valence-corrected chi connectivity index (χ3v) is 3.09. The van der Waals surface area contributed by atoms with Crippen LogP contribution in [0.25, 0.3) is 0 Å². The lowest BCUT2D eigenvalue weighted by Crippen LogP contribution is -2.03. The van der Waals surface area contributed by atoms with Crippen LogP contribution in [0.1, 0.15) is 11.7 Å². The third-order valence-electron chi connectivity index (χ3n) is 3.09. The molecule has 20 heavy (non-hydrogen) atoms. The summed E-state index contributed by atoms with van der Waals surface area (Å²) in [5, 5.41) is 0. The number of epoxide rings is 2. The average molecular weight is 270 g/mol. The molecule has 2 aliphatic rings. The second kappa shape index (κ2) is 6.55. The Hall–Kier alpha value is -1.84. The summed E-state index contributed by atoms with van der Waals surface area (Å²) >= 11 is 0. The van der Waals surface area contributed by atoms with E-state index in [-0.39, 0.29) is 0 Å². The first-order chi connectivity index (χ1) is 9.92. The minimum atomic E-state index is 0.343. The van der Waals surface area contributed by atoms with Gasteiger partial charge >= 0.3 is 0 Å². The predicted octanol–water partition coefficient (Wildman–Crippen LogP) is 3.22. The van der Waals surface area contributed by atoms with Crippen LogP contribution in [0.15, 0.2) is 60.7 Å². The van der Waals surface area contributed by atoms with Gasteiger partial charge in [-0.3, -0.25) is 0 Å². The topological polar surface area (TPSA) is 34.3 Å². The summed E-state index contributed by atoms with van der Waals surface area (Å²) in [4.78, 5) is 0. The zero-order valence-electron chi connectivity index (χ0n) is 11.3. The van der Waals surface area contributed by atoms with Crippen LogP contribution in [0.4, 0.5) is 0 Å². The van der Waals surface area contributed by atoms with Crippen molar-refractivity contribution in [1.29, 1.82) is 0 Å². The molecule has 0 aromatic heterocycles. The van der Waals surface area contributed by atoms with Crippen molar-refractivity contribution in [2.24, 2.45) is 0 Å². The number of para-hydroxylation sites is 1. The second-order valence-electron chi connectivity index (χ2n) is 4.81. The fourth-order valence-electron chi connectivity index (χ4n) is 1.78. The normalized spacial score (nSPS) is 22.4. The molecule has 2 heterocycles. The molecule has 0 aliphatic carbocycles. The molecule has 0 radical (unpaired) electrons. The van der Waals surface area contributed by atoms with Crippen molar-refractivity contribution in [3.05, 3.63) is 66.2 Å². The molecule has 0 spiro atoms. The summed E-state index contributed by atoms with van der Waals surface area (Å²) in [7, 11) is 0. The maximum atomic E-state index is 5.40. The second-order valence-corrected chi connectivity index (χ2v) is 4.81. The average Bonchev–Trinajstić information content (AvgIpc) is 3.42. The van der Waals surface area contributed by atoms with E-state index < -0.39 is 0 Å². The summed E-state index contributed by atoms with van der Waals surface area (Å²) in [5.41, 5.74) is 1.30. The Morgan fingerprint density at radius 3 is 2.00 bits per heavy atom. The molecule has 0 amide bonds. The fraction of sp³-hybridized carbons (Fsp3) is 0.294. The van der Waals surface area contributed by atoms with Crippen LogP contribution in [0.2, 0.25) is 0 Å². The highest BCUT2D eigenvalue weighted by atomic mass is 16.6. The predicted molar refractivity (Wildman–Crippen MR) is 76.8 cm³/mol. The zero-order valence-corrected chi connectivity index (χ0v) is 11.3. The first-order valence-electron chi connectivity index (χ1n) is 6.88. The number of hydrogen-bond acceptors (Lipinski definition) is 3. The molecule has 4 rings (SSSR count). The van der Waals surface area contributed by atoms with Crippen molar-refractivity contribution in [2.75, 3.05) is 19.8 Å². The zero-order chi connectivity index (χ0) is 13.6. The lowest BCUT2D eigenvalue weighted by molar-refractivity contribution is 0.263. The largest absolute Gasteiger partial charge is 0.491 e. The van der Waals surface area contributed by atoms with Gasteiger partial charge in [0.2, 0.25) is 0 Å². The number of hydrogen-bond donors (Lipinski definition) is 0. The number of ether oxygens (including phenoxy) is 3. The standard InChI is InChI=1S/C9H10O2.C8H8O/c1-2-4-8(5-3-1)10-6-9-7-11-9;1-2-4-7(5-3-1)8-6-9-8/h1-5,9H,6-7H2;1-5,8H,6H2. The molecule has 2 aromatic rings. The van der Waals surface area contributed by atoms with Crippen LogP contribution in [0, 0.1) is 0 Å². The van der Waals surface area contributed by atoms with Crippen molar-refractivity contribution in [2.45, 2.75) is 12.2 Å². The molecule has 2 fully saturated rings. The maximum absolute atomic E-state index is 5.40. The maximum Gasteiger partial charge on any atom is 0.119 e. The van der Waals surface area contributed by atoms with Gasteiger partial charge in [0.25, 0.3) is 0 Å². The molecule has 2 atom stereocenters. The van der Waals surface area contributed by atoms with E-state index in [0.29, 0.717) is 18.8 Å². The quantitative estimate of drug-likeness (QED) is 0.800. The Labute approximate surface area is 119 Å². The van der Waals surface area contributed by atoms with Crippen molar-refractivity contribution < 1.29 is 14.2 Å². The Balaban J connectivity index is 0.000000123. The molecular weight excluding hydrogens is 252 g/mol. The van der Waals surface area contributed by atoms with E-state index in [1.54, 1.807) is 0 Å². The van der Waals surface area contributed by atoms with Crippen molar-refractivity contribution >= 4 is 0 Å². The van der Waals surface area contributed by atoms with Gasteiger partial charge in [0, 0.05) is 0 Å². The van der Waals surface area contributed by atoms with Crippen LogP contribution >= 0.6 is 0 Å². The summed E-state index contributed by atoms with van der Waals surface area (Å²) in [6.45, 7) is 2.45. The number of benzene rings is 2. The molecule has 2 saturated heterocycles. The van der Waals surface area contributed by atoms with Gasteiger partial charge in [-0.05, 0) is 17.7 Å². The molecule has 0 saturated carbocycles. The highest BCUT2D eigenvalue weighted by molar-refractivity contribution is 5.21. The van der Waals surface area contributed by atoms with E-state index >= 15 is 0 Å². The molecule has 0 bridgehead atoms. The Bertz CT molecular complexity index is 504. The first kappa shape index (κ1) is 13.2. The summed E-state index contributed by atoms with van der Waals surface area (Å²) in [5.74, 6) is 0.919. The Morgan fingerprint density at radius 2 is 1.45 bits per heavy atom. The van der Waals surface area contributed by atoms with Crippen LogP contribution < -0.4 is 4.74 Å². The molecule has 2 unspecified atom stereocenters. The van der Waals surface area contributed by atoms with Crippen molar-refractivity contribution in [3.63, 3.8) is 0 Å². The molecular formula is C17H18O3. The minimum absolute atomic E-state index is 0.343. The van der Waals surface area contributed by atoms with Crippen molar-refractivity contribution in [1.82, 2.24) is 0 Å². The smallest absolute Gasteiger partial charge is 0.119 e. The van der Waals surface area contributed by atoms with E-state index in [0.717, 1.165) is 19.0 Å². The Kier molecular flexibility index (Phi) is 4.31. The molecule has 104 valence electrons.